The first-order valence-corrected chi connectivity index (χ1v) is 8.45. The first-order chi connectivity index (χ1) is 10.9. The predicted octanol–water partition coefficient (Wildman–Crippen LogP) is 6.51. The van der Waals surface area contributed by atoms with E-state index in [4.69, 9.17) is 0 Å². The van der Waals surface area contributed by atoms with Gasteiger partial charge in [-0.05, 0) is 56.8 Å². The smallest absolute Gasteiger partial charge is 0.00205 e. The summed E-state index contributed by atoms with van der Waals surface area (Å²) in [5, 5.41) is 8.16. The van der Waals surface area contributed by atoms with Crippen LogP contribution in [0.1, 0.15) is 38.2 Å². The Labute approximate surface area is 132 Å². The normalized spacial score (nSPS) is 11.9. The van der Waals surface area contributed by atoms with Crippen LogP contribution in [0.3, 0.4) is 0 Å². The maximum absolute atomic E-state index is 3.39. The summed E-state index contributed by atoms with van der Waals surface area (Å²) in [5.74, 6) is 0. The number of aryl methyl sites for hydroxylation is 1. The molecule has 0 aliphatic carbocycles. The second kappa shape index (κ2) is 5.61. The number of rotatable bonds is 5. The van der Waals surface area contributed by atoms with Crippen LogP contribution in [0.25, 0.3) is 32.3 Å². The second-order valence-corrected chi connectivity index (χ2v) is 6.30. The summed E-state index contributed by atoms with van der Waals surface area (Å²) in [6, 6.07) is 21.3. The molecule has 0 aromatic heterocycles. The zero-order valence-corrected chi connectivity index (χ0v) is 13.2. The fourth-order valence-corrected chi connectivity index (χ4v) is 3.68. The van der Waals surface area contributed by atoms with Gasteiger partial charge in [-0.1, -0.05) is 74.7 Å². The lowest BCUT2D eigenvalue weighted by atomic mass is 9.90. The molecule has 0 unspecified atom stereocenters. The SMILES string of the molecule is CCCCCCc1ccc2ccc3[c]ccc4ccc1c2c34. The number of benzene rings is 4. The van der Waals surface area contributed by atoms with Gasteiger partial charge in [-0.3, -0.25) is 0 Å². The minimum Gasteiger partial charge on any atom is -0.0654 e. The first kappa shape index (κ1) is 13.6. The number of unbranched alkanes of at least 4 members (excludes halogenated alkanes) is 3. The summed E-state index contributed by atoms with van der Waals surface area (Å²) < 4.78 is 0. The van der Waals surface area contributed by atoms with E-state index >= 15 is 0 Å². The van der Waals surface area contributed by atoms with Crippen molar-refractivity contribution in [2.24, 2.45) is 0 Å². The molecule has 0 bridgehead atoms. The van der Waals surface area contributed by atoms with Crippen molar-refractivity contribution < 1.29 is 0 Å². The van der Waals surface area contributed by atoms with Crippen molar-refractivity contribution in [3.63, 3.8) is 0 Å². The van der Waals surface area contributed by atoms with Gasteiger partial charge in [0.15, 0.2) is 0 Å². The molecule has 4 aromatic rings. The van der Waals surface area contributed by atoms with Crippen LogP contribution in [0.4, 0.5) is 0 Å². The average molecular weight is 285 g/mol. The third-order valence-corrected chi connectivity index (χ3v) is 4.84. The Morgan fingerprint density at radius 3 is 2.50 bits per heavy atom. The van der Waals surface area contributed by atoms with Crippen molar-refractivity contribution in [1.29, 1.82) is 0 Å². The number of hydrogen-bond acceptors (Lipinski definition) is 0. The standard InChI is InChI=1S/C22H21/c1-2-3-4-5-7-16-10-11-19-13-12-17-8-6-9-18-14-15-20(16)22(19)21(17)18/h6,9-15H,2-5,7H2,1H3. The number of hydrogen-bond donors (Lipinski definition) is 0. The van der Waals surface area contributed by atoms with Gasteiger partial charge < -0.3 is 0 Å². The van der Waals surface area contributed by atoms with Gasteiger partial charge in [0.05, 0.1) is 0 Å². The van der Waals surface area contributed by atoms with Crippen molar-refractivity contribution in [2.45, 2.75) is 39.0 Å². The maximum atomic E-state index is 3.39. The van der Waals surface area contributed by atoms with Crippen LogP contribution in [0.5, 0.6) is 0 Å². The largest absolute Gasteiger partial charge is 0.0654 e. The zero-order chi connectivity index (χ0) is 14.9. The highest BCUT2D eigenvalue weighted by atomic mass is 14.1. The van der Waals surface area contributed by atoms with Gasteiger partial charge in [-0.25, -0.2) is 0 Å². The summed E-state index contributed by atoms with van der Waals surface area (Å²) in [5.41, 5.74) is 1.50. The molecule has 0 atom stereocenters. The summed E-state index contributed by atoms with van der Waals surface area (Å²) in [7, 11) is 0. The zero-order valence-electron chi connectivity index (χ0n) is 13.2. The van der Waals surface area contributed by atoms with Crippen molar-refractivity contribution >= 4 is 32.3 Å². The highest BCUT2D eigenvalue weighted by Gasteiger charge is 2.10. The molecule has 0 fully saturated rings. The van der Waals surface area contributed by atoms with Crippen LogP contribution in [0.15, 0.2) is 48.5 Å². The minimum atomic E-state index is 1.19. The van der Waals surface area contributed by atoms with Crippen molar-refractivity contribution in [3.05, 3.63) is 60.2 Å². The van der Waals surface area contributed by atoms with E-state index in [1.807, 2.05) is 6.07 Å². The van der Waals surface area contributed by atoms with Crippen molar-refractivity contribution in [2.75, 3.05) is 0 Å². The van der Waals surface area contributed by atoms with E-state index in [2.05, 4.69) is 55.5 Å². The van der Waals surface area contributed by atoms with Gasteiger partial charge >= 0.3 is 0 Å². The second-order valence-electron chi connectivity index (χ2n) is 6.30. The molecular weight excluding hydrogens is 264 g/mol. The molecule has 0 saturated heterocycles. The molecule has 109 valence electrons. The van der Waals surface area contributed by atoms with Crippen LogP contribution in [0.2, 0.25) is 0 Å². The third-order valence-electron chi connectivity index (χ3n) is 4.84. The van der Waals surface area contributed by atoms with E-state index < -0.39 is 0 Å². The first-order valence-electron chi connectivity index (χ1n) is 8.45. The van der Waals surface area contributed by atoms with E-state index in [9.17, 15) is 0 Å². The van der Waals surface area contributed by atoms with Gasteiger partial charge in [-0.15, -0.1) is 0 Å². The van der Waals surface area contributed by atoms with Gasteiger partial charge in [0, 0.05) is 0 Å². The fourth-order valence-electron chi connectivity index (χ4n) is 3.68. The quantitative estimate of drug-likeness (QED) is 0.290. The van der Waals surface area contributed by atoms with Crippen LogP contribution in [-0.4, -0.2) is 0 Å². The molecule has 1 radical (unpaired) electrons. The summed E-state index contributed by atoms with van der Waals surface area (Å²) in [6.45, 7) is 2.27. The van der Waals surface area contributed by atoms with Crippen LogP contribution < -0.4 is 0 Å². The summed E-state index contributed by atoms with van der Waals surface area (Å²) in [6.07, 6.45) is 6.48. The average Bonchev–Trinajstić information content (AvgIpc) is 2.57. The molecule has 0 aliphatic heterocycles. The predicted molar refractivity (Wildman–Crippen MR) is 96.8 cm³/mol. The lowest BCUT2D eigenvalue weighted by Crippen LogP contribution is -1.91. The Morgan fingerprint density at radius 2 is 1.59 bits per heavy atom. The minimum absolute atomic E-state index is 1.19. The molecule has 0 aliphatic rings. The van der Waals surface area contributed by atoms with E-state index in [0.717, 1.165) is 0 Å². The molecule has 0 amide bonds. The maximum Gasteiger partial charge on any atom is -0.00205 e. The lowest BCUT2D eigenvalue weighted by Gasteiger charge is -2.13. The van der Waals surface area contributed by atoms with E-state index in [-0.39, 0.29) is 0 Å². The van der Waals surface area contributed by atoms with Crippen LogP contribution in [-0.2, 0) is 6.42 Å². The molecular formula is C22H21. The van der Waals surface area contributed by atoms with Crippen molar-refractivity contribution in [3.8, 4) is 0 Å². The molecule has 0 nitrogen and oxygen atoms in total. The molecule has 0 heterocycles. The van der Waals surface area contributed by atoms with E-state index in [1.54, 1.807) is 0 Å². The Balaban J connectivity index is 1.89. The van der Waals surface area contributed by atoms with Crippen LogP contribution in [0, 0.1) is 6.07 Å². The topological polar surface area (TPSA) is 0 Å². The summed E-state index contributed by atoms with van der Waals surface area (Å²) in [4.78, 5) is 0. The van der Waals surface area contributed by atoms with Gasteiger partial charge in [-0.2, -0.15) is 0 Å². The monoisotopic (exact) mass is 285 g/mol. The highest BCUT2D eigenvalue weighted by Crippen LogP contribution is 2.36. The van der Waals surface area contributed by atoms with Gasteiger partial charge in [0.2, 0.25) is 0 Å². The van der Waals surface area contributed by atoms with Gasteiger partial charge in [0.1, 0.15) is 0 Å². The third kappa shape index (κ3) is 2.14. The van der Waals surface area contributed by atoms with E-state index in [0.29, 0.717) is 0 Å². The summed E-state index contributed by atoms with van der Waals surface area (Å²) >= 11 is 0. The molecule has 22 heavy (non-hydrogen) atoms. The Bertz CT molecular complexity index is 901. The van der Waals surface area contributed by atoms with Crippen molar-refractivity contribution in [1.82, 2.24) is 0 Å². The molecule has 0 saturated carbocycles. The molecule has 0 spiro atoms. The fraction of sp³-hybridized carbons (Fsp3) is 0.273. The van der Waals surface area contributed by atoms with Gasteiger partial charge in [0.25, 0.3) is 0 Å². The molecule has 4 rings (SSSR count). The Morgan fingerprint density at radius 1 is 0.773 bits per heavy atom. The molecule has 4 aromatic carbocycles. The van der Waals surface area contributed by atoms with Crippen LogP contribution >= 0.6 is 0 Å². The molecule has 0 heteroatoms. The highest BCUT2D eigenvalue weighted by molar-refractivity contribution is 6.23. The Hall–Kier alpha value is -2.08. The molecule has 0 N–H and O–H groups in total. The lowest BCUT2D eigenvalue weighted by molar-refractivity contribution is 0.668. The van der Waals surface area contributed by atoms with E-state index in [1.165, 1.54) is 70.0 Å². The Kier molecular flexibility index (Phi) is 3.46.